The van der Waals surface area contributed by atoms with Crippen molar-refractivity contribution in [2.45, 2.75) is 24.0 Å². The predicted molar refractivity (Wildman–Crippen MR) is 145 cm³/mol. The van der Waals surface area contributed by atoms with E-state index in [4.69, 9.17) is 21.1 Å². The average molecular weight is 593 g/mol. The molecular formula is C27H24ClF3N4O4S. The molecule has 0 unspecified atom stereocenters. The first-order valence-electron chi connectivity index (χ1n) is 12.0. The fourth-order valence-electron chi connectivity index (χ4n) is 3.68. The van der Waals surface area contributed by atoms with Gasteiger partial charge in [-0.2, -0.15) is 13.2 Å². The summed E-state index contributed by atoms with van der Waals surface area (Å²) in [6.45, 7) is 0.286. The van der Waals surface area contributed by atoms with Gasteiger partial charge in [0.1, 0.15) is 12.4 Å². The number of fused-ring (bicyclic) bond motifs is 1. The van der Waals surface area contributed by atoms with Crippen LogP contribution in [0.5, 0.6) is 5.75 Å². The minimum atomic E-state index is -4.46. The van der Waals surface area contributed by atoms with Crippen LogP contribution < -0.4 is 4.74 Å². The summed E-state index contributed by atoms with van der Waals surface area (Å²) in [6.07, 6.45) is -3.09. The lowest BCUT2D eigenvalue weighted by Gasteiger charge is -2.19. The third kappa shape index (κ3) is 7.24. The summed E-state index contributed by atoms with van der Waals surface area (Å²) in [5.74, 6) is -0.247. The summed E-state index contributed by atoms with van der Waals surface area (Å²) < 4.78 is 49.5. The summed E-state index contributed by atoms with van der Waals surface area (Å²) in [5, 5.41) is 0.779. The molecule has 0 fully saturated rings. The van der Waals surface area contributed by atoms with Gasteiger partial charge in [0.05, 0.1) is 28.8 Å². The summed E-state index contributed by atoms with van der Waals surface area (Å²) in [7, 11) is 1.58. The minimum absolute atomic E-state index is 0.0451. The monoisotopic (exact) mass is 592 g/mol. The Labute approximate surface area is 237 Å². The molecule has 0 saturated carbocycles. The number of nitrogens with zero attached hydrogens (tertiary/aromatic N) is 4. The van der Waals surface area contributed by atoms with E-state index in [9.17, 15) is 22.8 Å². The number of carbonyl (C=O) groups excluding carboxylic acids is 2. The van der Waals surface area contributed by atoms with Crippen LogP contribution in [-0.4, -0.2) is 64.4 Å². The number of halogens is 4. The highest BCUT2D eigenvalue weighted by molar-refractivity contribution is 7.98. The van der Waals surface area contributed by atoms with E-state index >= 15 is 0 Å². The van der Waals surface area contributed by atoms with Crippen molar-refractivity contribution in [2.75, 3.05) is 26.8 Å². The second-order valence-electron chi connectivity index (χ2n) is 8.64. The molecule has 0 atom stereocenters. The highest BCUT2D eigenvalue weighted by atomic mass is 35.5. The predicted octanol–water partition coefficient (Wildman–Crippen LogP) is 6.38. The van der Waals surface area contributed by atoms with Crippen LogP contribution in [0.3, 0.4) is 0 Å². The third-order valence-electron chi connectivity index (χ3n) is 5.76. The van der Waals surface area contributed by atoms with Crippen LogP contribution in [0.15, 0.2) is 66.0 Å². The second kappa shape index (κ2) is 12.6. The van der Waals surface area contributed by atoms with E-state index in [1.54, 1.807) is 56.4 Å². The molecule has 0 aliphatic heterocycles. The molecule has 4 aromatic rings. The number of imidazole rings is 1. The molecule has 0 spiro atoms. The molecule has 0 aliphatic carbocycles. The largest absolute Gasteiger partial charge is 0.484 e. The first-order valence-corrected chi connectivity index (χ1v) is 13.3. The summed E-state index contributed by atoms with van der Waals surface area (Å²) >= 11 is 7.14. The van der Waals surface area contributed by atoms with Crippen molar-refractivity contribution in [1.29, 1.82) is 0 Å². The zero-order valence-electron chi connectivity index (χ0n) is 21.4. The molecule has 13 heteroatoms. The Kier molecular flexibility index (Phi) is 9.21. The number of benzene rings is 2. The molecule has 0 N–H and O–H groups in total. The molecule has 0 saturated heterocycles. The van der Waals surface area contributed by atoms with E-state index in [2.05, 4.69) is 9.97 Å². The molecule has 4 rings (SSSR count). The normalized spacial score (nSPS) is 11.4. The SMILES string of the molecule is Cc1c(OCC(F)(F)F)ccnc1CSc1nc2ccccc2n1C(=O)N(C)CCOC(=O)c1cccc(Cl)c1. The number of amides is 1. The Morgan fingerprint density at radius 1 is 1.12 bits per heavy atom. The van der Waals surface area contributed by atoms with Gasteiger partial charge >= 0.3 is 18.2 Å². The highest BCUT2D eigenvalue weighted by Gasteiger charge is 2.29. The van der Waals surface area contributed by atoms with E-state index < -0.39 is 24.8 Å². The summed E-state index contributed by atoms with van der Waals surface area (Å²) in [4.78, 5) is 36.0. The van der Waals surface area contributed by atoms with Gasteiger partial charge in [0.25, 0.3) is 0 Å². The molecule has 0 aliphatic rings. The number of pyridine rings is 1. The Hall–Kier alpha value is -3.77. The van der Waals surface area contributed by atoms with Crippen molar-refractivity contribution in [3.8, 4) is 5.75 Å². The smallest absolute Gasteiger partial charge is 0.422 e. The van der Waals surface area contributed by atoms with E-state index in [-0.39, 0.29) is 24.7 Å². The molecule has 0 radical (unpaired) electrons. The van der Waals surface area contributed by atoms with Crippen LogP contribution in [-0.2, 0) is 10.5 Å². The Bertz CT molecular complexity index is 1530. The van der Waals surface area contributed by atoms with E-state index in [0.717, 1.165) is 0 Å². The first kappa shape index (κ1) is 29.2. The van der Waals surface area contributed by atoms with Crippen molar-refractivity contribution >= 4 is 46.4 Å². The van der Waals surface area contributed by atoms with E-state index in [0.29, 0.717) is 38.0 Å². The maximum absolute atomic E-state index is 13.5. The standard InChI is InChI=1S/C27H24ClF3N4O4S/c1-17-21(32-11-10-23(17)39-16-27(29,30)31)15-40-25-33-20-8-3-4-9-22(20)35(25)26(37)34(2)12-13-38-24(36)18-6-5-7-19(28)14-18/h3-11,14H,12-13,15-16H2,1-2H3. The number of esters is 1. The van der Waals surface area contributed by atoms with Crippen LogP contribution in [0.4, 0.5) is 18.0 Å². The zero-order valence-corrected chi connectivity index (χ0v) is 23.0. The van der Waals surface area contributed by atoms with Gasteiger partial charge in [-0.3, -0.25) is 4.98 Å². The number of rotatable bonds is 9. The average Bonchev–Trinajstić information content (AvgIpc) is 3.29. The molecule has 2 aromatic heterocycles. The van der Waals surface area contributed by atoms with Crippen molar-refractivity contribution in [1.82, 2.24) is 19.4 Å². The lowest BCUT2D eigenvalue weighted by Crippen LogP contribution is -2.34. The molecule has 2 aromatic carbocycles. The van der Waals surface area contributed by atoms with Crippen molar-refractivity contribution < 1.29 is 32.2 Å². The molecule has 8 nitrogen and oxygen atoms in total. The number of hydrogen-bond acceptors (Lipinski definition) is 7. The van der Waals surface area contributed by atoms with Gasteiger partial charge in [0, 0.05) is 29.6 Å². The van der Waals surface area contributed by atoms with E-state index in [1.807, 2.05) is 0 Å². The first-order chi connectivity index (χ1) is 19.0. The summed E-state index contributed by atoms with van der Waals surface area (Å²) in [6, 6.07) is 14.4. The van der Waals surface area contributed by atoms with Crippen molar-refractivity contribution in [3.05, 3.63) is 82.6 Å². The molecular weight excluding hydrogens is 569 g/mol. The van der Waals surface area contributed by atoms with Gasteiger partial charge in [-0.1, -0.05) is 41.6 Å². The van der Waals surface area contributed by atoms with Crippen LogP contribution in [0.25, 0.3) is 11.0 Å². The molecule has 40 heavy (non-hydrogen) atoms. The number of para-hydroxylation sites is 2. The lowest BCUT2D eigenvalue weighted by atomic mass is 10.2. The van der Waals surface area contributed by atoms with Gasteiger partial charge in [0.2, 0.25) is 0 Å². The number of carbonyl (C=O) groups is 2. The van der Waals surface area contributed by atoms with Crippen molar-refractivity contribution in [2.24, 2.45) is 0 Å². The van der Waals surface area contributed by atoms with Gasteiger partial charge in [0.15, 0.2) is 11.8 Å². The summed E-state index contributed by atoms with van der Waals surface area (Å²) in [5.41, 5.74) is 2.43. The minimum Gasteiger partial charge on any atom is -0.484 e. The number of ether oxygens (including phenoxy) is 2. The molecule has 0 bridgehead atoms. The molecule has 1 amide bonds. The molecule has 2 heterocycles. The maximum Gasteiger partial charge on any atom is 0.422 e. The quantitative estimate of drug-likeness (QED) is 0.165. The number of likely N-dealkylation sites (N-methyl/N-ethyl adjacent to an activating group) is 1. The number of hydrogen-bond donors (Lipinski definition) is 0. The van der Waals surface area contributed by atoms with Crippen LogP contribution in [0, 0.1) is 6.92 Å². The third-order valence-corrected chi connectivity index (χ3v) is 6.94. The molecule has 210 valence electrons. The Balaban J connectivity index is 1.47. The topological polar surface area (TPSA) is 86.6 Å². The maximum atomic E-state index is 13.5. The van der Waals surface area contributed by atoms with Crippen LogP contribution in [0.2, 0.25) is 5.02 Å². The number of thioether (sulfide) groups is 1. The number of alkyl halides is 3. The Morgan fingerprint density at radius 2 is 1.90 bits per heavy atom. The van der Waals surface area contributed by atoms with Gasteiger partial charge < -0.3 is 14.4 Å². The van der Waals surface area contributed by atoms with Crippen LogP contribution in [0.1, 0.15) is 21.6 Å². The van der Waals surface area contributed by atoms with Gasteiger partial charge in [-0.15, -0.1) is 0 Å². The fourth-order valence-corrected chi connectivity index (χ4v) is 4.89. The highest BCUT2D eigenvalue weighted by Crippen LogP contribution is 2.30. The Morgan fingerprint density at radius 3 is 2.65 bits per heavy atom. The fraction of sp³-hybridized carbons (Fsp3) is 0.259. The van der Waals surface area contributed by atoms with Gasteiger partial charge in [-0.05, 0) is 43.3 Å². The zero-order chi connectivity index (χ0) is 28.9. The second-order valence-corrected chi connectivity index (χ2v) is 10.0. The van der Waals surface area contributed by atoms with Crippen molar-refractivity contribution in [3.63, 3.8) is 0 Å². The van der Waals surface area contributed by atoms with Gasteiger partial charge in [-0.25, -0.2) is 19.1 Å². The van der Waals surface area contributed by atoms with Crippen LogP contribution >= 0.6 is 23.4 Å². The van der Waals surface area contributed by atoms with E-state index in [1.165, 1.54) is 39.6 Å². The number of aromatic nitrogens is 3. The lowest BCUT2D eigenvalue weighted by molar-refractivity contribution is -0.153.